The second-order valence-electron chi connectivity index (χ2n) is 2.44. The van der Waals surface area contributed by atoms with Gasteiger partial charge in [-0.2, -0.15) is 10.0 Å². The third-order valence-electron chi connectivity index (χ3n) is 1.65. The van der Waals surface area contributed by atoms with Crippen molar-refractivity contribution in [3.05, 3.63) is 22.0 Å². The van der Waals surface area contributed by atoms with Crippen LogP contribution in [0.4, 0.5) is 0 Å². The van der Waals surface area contributed by atoms with Gasteiger partial charge in [-0.25, -0.2) is 10.2 Å². The molecule has 2 aliphatic rings. The third-order valence-corrected chi connectivity index (χ3v) is 2.23. The number of hydrazone groups is 1. The maximum atomic E-state index is 11.2. The van der Waals surface area contributed by atoms with E-state index in [4.69, 9.17) is 0 Å². The fourth-order valence-electron chi connectivity index (χ4n) is 1.14. The number of carbonyl (C=O) groups is 1. The number of nitrogens with one attached hydrogen (secondary N) is 1. The molecule has 0 saturated carbocycles. The summed E-state index contributed by atoms with van der Waals surface area (Å²) in [6.07, 6.45) is 4.51. The van der Waals surface area contributed by atoms with Crippen molar-refractivity contribution in [1.29, 1.82) is 0 Å². The largest absolute Gasteiger partial charge is 0.374 e. The van der Waals surface area contributed by atoms with Gasteiger partial charge in [0.05, 0.1) is 0 Å². The lowest BCUT2D eigenvalue weighted by Crippen LogP contribution is -2.34. The summed E-state index contributed by atoms with van der Waals surface area (Å²) < 4.78 is 0.716. The van der Waals surface area contributed by atoms with Crippen LogP contribution in [0.1, 0.15) is 6.92 Å². The molecule has 0 aromatic rings. The molecule has 0 bridgehead atoms. The lowest BCUT2D eigenvalue weighted by Gasteiger charge is -2.11. The zero-order chi connectivity index (χ0) is 8.72. The number of allylic oxidation sites excluding steroid dienone is 2. The Balaban J connectivity index is 2.50. The monoisotopic (exact) mass is 226 g/mol. The summed E-state index contributed by atoms with van der Waals surface area (Å²) in [5, 5.41) is 3.66. The maximum Gasteiger partial charge on any atom is 0.374 e. The van der Waals surface area contributed by atoms with E-state index in [0.717, 1.165) is 5.57 Å². The van der Waals surface area contributed by atoms with E-state index in [0.29, 0.717) is 10.3 Å². The zero-order valence-corrected chi connectivity index (χ0v) is 7.84. The minimum absolute atomic E-state index is 0.197. The fourth-order valence-corrected chi connectivity index (χ4v) is 1.71. The fraction of sp³-hybridized carbons (Fsp3) is 0.143. The van der Waals surface area contributed by atoms with E-state index in [1.165, 1.54) is 6.34 Å². The van der Waals surface area contributed by atoms with E-state index in [1.54, 1.807) is 4.90 Å². The van der Waals surface area contributed by atoms with Gasteiger partial charge in [-0.1, -0.05) is 0 Å². The summed E-state index contributed by atoms with van der Waals surface area (Å²) in [4.78, 5) is 12.9. The van der Waals surface area contributed by atoms with Crippen LogP contribution in [-0.4, -0.2) is 17.1 Å². The van der Waals surface area contributed by atoms with Crippen molar-refractivity contribution in [3.8, 4) is 0 Å². The van der Waals surface area contributed by atoms with Gasteiger partial charge in [-0.3, -0.25) is 0 Å². The first-order valence-corrected chi connectivity index (χ1v) is 4.12. The van der Waals surface area contributed by atoms with Gasteiger partial charge in [0, 0.05) is 22.9 Å². The Kier molecular flexibility index (Phi) is 1.49. The summed E-state index contributed by atoms with van der Waals surface area (Å²) >= 11 is 3.27. The Morgan fingerprint density at radius 3 is 3.17 bits per heavy atom. The zero-order valence-electron chi connectivity index (χ0n) is 6.26. The summed E-state index contributed by atoms with van der Waals surface area (Å²) in [5.41, 5.74) is 3.75. The van der Waals surface area contributed by atoms with Crippen molar-refractivity contribution in [2.75, 3.05) is 0 Å². The number of halogens is 1. The number of fused-ring (bicyclic) bond motifs is 1. The molecule has 0 fully saturated rings. The van der Waals surface area contributed by atoms with Crippen LogP contribution in [0.3, 0.4) is 0 Å². The van der Waals surface area contributed by atoms with E-state index in [9.17, 15) is 4.79 Å². The van der Waals surface area contributed by atoms with Gasteiger partial charge in [0.25, 0.3) is 10.3 Å². The number of nitrogens with zero attached hydrogens (tertiary/aromatic N) is 2. The smallest absolute Gasteiger partial charge is 0.240 e. The highest BCUT2D eigenvalue weighted by atomic mass is 79.9. The van der Waals surface area contributed by atoms with Crippen LogP contribution in [-0.2, 0) is 4.79 Å². The molecule has 0 aliphatic carbocycles. The lowest BCUT2D eigenvalue weighted by molar-refractivity contribution is -0.118. The Morgan fingerprint density at radius 2 is 2.50 bits per heavy atom. The normalized spacial score (nSPS) is 20.3. The van der Waals surface area contributed by atoms with E-state index >= 15 is 0 Å². The van der Waals surface area contributed by atoms with Crippen molar-refractivity contribution in [2.45, 2.75) is 6.92 Å². The average molecular weight is 227 g/mol. The van der Waals surface area contributed by atoms with Crippen LogP contribution in [0.2, 0.25) is 0 Å². The lowest BCUT2D eigenvalue weighted by atomic mass is 10.2. The second kappa shape index (κ2) is 2.40. The maximum absolute atomic E-state index is 11.2. The number of rotatable bonds is 0. The molecule has 4 nitrogen and oxygen atoms in total. The average Bonchev–Trinajstić information content (AvgIpc) is 2.29. The molecule has 1 amide bonds. The first-order valence-electron chi connectivity index (χ1n) is 3.33. The van der Waals surface area contributed by atoms with Crippen molar-refractivity contribution in [3.63, 3.8) is 0 Å². The predicted octanol–water partition coefficient (Wildman–Crippen LogP) is 0.689. The highest BCUT2D eigenvalue weighted by molar-refractivity contribution is 9.11. The molecule has 0 atom stereocenters. The van der Waals surface area contributed by atoms with Crippen molar-refractivity contribution in [2.24, 2.45) is 5.10 Å². The first kappa shape index (κ1) is 7.46. The van der Waals surface area contributed by atoms with Gasteiger partial charge in [-0.15, -0.1) is 0 Å². The van der Waals surface area contributed by atoms with E-state index in [1.807, 2.05) is 6.92 Å². The summed E-state index contributed by atoms with van der Waals surface area (Å²) in [6, 6.07) is 0. The van der Waals surface area contributed by atoms with E-state index in [-0.39, 0.29) is 5.91 Å². The van der Waals surface area contributed by atoms with Crippen LogP contribution in [0, 0.1) is 6.08 Å². The standard InChI is InChI=1S/C7H4BrN3O/c1-4-2-5(8)11-3-9-10-7(12)6(4)11/h3H,1H3/p+1. The Labute approximate surface area is 77.7 Å². The number of carbonyl (C=O) groups excluding carboxylic acids is 1. The van der Waals surface area contributed by atoms with Crippen LogP contribution in [0.5, 0.6) is 0 Å². The van der Waals surface area contributed by atoms with Crippen molar-refractivity contribution in [1.82, 2.24) is 10.3 Å². The molecule has 5 heteroatoms. The number of amides is 1. The minimum Gasteiger partial charge on any atom is -0.240 e. The summed E-state index contributed by atoms with van der Waals surface area (Å²) in [6.45, 7) is 1.83. The molecule has 0 aromatic heterocycles. The van der Waals surface area contributed by atoms with E-state index < -0.39 is 0 Å². The van der Waals surface area contributed by atoms with Crippen LogP contribution < -0.4 is 5.43 Å². The molecule has 0 spiro atoms. The van der Waals surface area contributed by atoms with Crippen LogP contribution in [0.25, 0.3) is 0 Å². The van der Waals surface area contributed by atoms with Gasteiger partial charge < -0.3 is 0 Å². The molecule has 0 radical (unpaired) electrons. The highest BCUT2D eigenvalue weighted by Gasteiger charge is 2.40. The second-order valence-corrected chi connectivity index (χ2v) is 3.20. The number of hydrogen-bond donors (Lipinski definition) is 1. The van der Waals surface area contributed by atoms with Gasteiger partial charge in [0.2, 0.25) is 5.57 Å². The van der Waals surface area contributed by atoms with E-state index in [2.05, 4.69) is 32.5 Å². The molecule has 2 aliphatic heterocycles. The Hall–Kier alpha value is -1.19. The van der Waals surface area contributed by atoms with Gasteiger partial charge in [0.15, 0.2) is 0 Å². The summed E-state index contributed by atoms with van der Waals surface area (Å²) in [7, 11) is 0. The molecule has 2 rings (SSSR count). The van der Waals surface area contributed by atoms with Crippen molar-refractivity contribution < 1.29 is 4.79 Å². The minimum atomic E-state index is -0.197. The van der Waals surface area contributed by atoms with Gasteiger partial charge in [-0.05, 0) is 0 Å². The molecule has 1 N–H and O–H groups in total. The molecular weight excluding hydrogens is 222 g/mol. The third kappa shape index (κ3) is 0.873. The first-order chi connectivity index (χ1) is 5.70. The topological polar surface area (TPSA) is 44.7 Å². The predicted molar refractivity (Wildman–Crippen MR) is 46.9 cm³/mol. The van der Waals surface area contributed by atoms with Crippen LogP contribution >= 0.6 is 15.9 Å². The van der Waals surface area contributed by atoms with Crippen molar-refractivity contribution >= 4 is 28.2 Å². The molecule has 2 heterocycles. The molecule has 0 saturated heterocycles. The molecule has 60 valence electrons. The SMILES string of the molecule is CC1=C2C(=O)NN=CN2C(Br)=[C+]1. The van der Waals surface area contributed by atoms with Gasteiger partial charge >= 0.3 is 5.91 Å². The molecule has 12 heavy (non-hydrogen) atoms. The molecule has 0 unspecified atom stereocenters. The quantitative estimate of drug-likeness (QED) is 0.488. The van der Waals surface area contributed by atoms with Crippen LogP contribution in [0.15, 0.2) is 21.0 Å². The Bertz CT molecular complexity index is 343. The Morgan fingerprint density at radius 1 is 1.75 bits per heavy atom. The molecule has 0 aromatic carbocycles. The molecular formula is C7H5BrN3O+. The highest BCUT2D eigenvalue weighted by Crippen LogP contribution is 2.28. The number of hydrogen-bond acceptors (Lipinski definition) is 3. The summed E-state index contributed by atoms with van der Waals surface area (Å²) in [5.74, 6) is -0.197. The van der Waals surface area contributed by atoms with Gasteiger partial charge in [0.1, 0.15) is 12.4 Å².